The Morgan fingerprint density at radius 2 is 1.62 bits per heavy atom. The van der Waals surface area contributed by atoms with Crippen LogP contribution in [0.1, 0.15) is 33.0 Å². The number of hydrogen-bond acceptors (Lipinski definition) is 4. The van der Waals surface area contributed by atoms with Gasteiger partial charge in [-0.15, -0.1) is 0 Å². The molecule has 0 bridgehead atoms. The Kier molecular flexibility index (Phi) is 4.59. The van der Waals surface area contributed by atoms with Crippen LogP contribution < -0.4 is 10.2 Å². The summed E-state index contributed by atoms with van der Waals surface area (Å²) in [7, 11) is 1.68. The van der Waals surface area contributed by atoms with Crippen molar-refractivity contribution in [1.29, 1.82) is 0 Å². The number of carbonyl (C=O) groups is 3. The van der Waals surface area contributed by atoms with E-state index < -0.39 is 29.4 Å². The van der Waals surface area contributed by atoms with Crippen LogP contribution in [0.3, 0.4) is 0 Å². The molecular weight excluding hydrogens is 404 g/mol. The van der Waals surface area contributed by atoms with Gasteiger partial charge < -0.3 is 15.0 Å². The molecule has 3 aromatic rings. The molecule has 6 nitrogen and oxygen atoms in total. The second kappa shape index (κ2) is 7.34. The molecule has 0 saturated carbocycles. The standard InChI is InChI=1S/C26H22N2O4/c1-16-13-14-20-19(15-16)26(25(31)28(20)2)21(17-9-5-3-6-10-17)22(24(30)32-26)27-23(29)18-11-7-4-8-12-18/h3-15,21-22H,1-2H3,(H,27,29). The van der Waals surface area contributed by atoms with Crippen molar-refractivity contribution in [2.45, 2.75) is 24.5 Å². The first-order valence-electron chi connectivity index (χ1n) is 10.5. The number of anilines is 1. The van der Waals surface area contributed by atoms with Gasteiger partial charge >= 0.3 is 5.97 Å². The van der Waals surface area contributed by atoms with Crippen LogP contribution in [0.2, 0.25) is 0 Å². The zero-order valence-corrected chi connectivity index (χ0v) is 17.7. The molecule has 5 rings (SSSR count). The molecular formula is C26H22N2O4. The molecule has 2 aliphatic heterocycles. The van der Waals surface area contributed by atoms with Gasteiger partial charge in [0, 0.05) is 18.2 Å². The zero-order valence-electron chi connectivity index (χ0n) is 17.7. The fourth-order valence-electron chi connectivity index (χ4n) is 4.81. The fraction of sp³-hybridized carbons (Fsp3) is 0.192. The number of benzene rings is 3. The summed E-state index contributed by atoms with van der Waals surface area (Å²) >= 11 is 0. The topological polar surface area (TPSA) is 75.7 Å². The number of carbonyl (C=O) groups excluding carboxylic acids is 3. The van der Waals surface area contributed by atoms with E-state index >= 15 is 0 Å². The minimum atomic E-state index is -1.54. The normalized spacial score (nSPS) is 23.9. The summed E-state index contributed by atoms with van der Waals surface area (Å²) < 4.78 is 5.95. The highest BCUT2D eigenvalue weighted by molar-refractivity contribution is 6.11. The first kappa shape index (κ1) is 20.0. The van der Waals surface area contributed by atoms with Crippen molar-refractivity contribution < 1.29 is 19.1 Å². The Balaban J connectivity index is 1.66. The second-order valence-electron chi connectivity index (χ2n) is 8.25. The number of likely N-dealkylation sites (N-methyl/N-ethyl adjacent to an activating group) is 1. The van der Waals surface area contributed by atoms with Crippen LogP contribution in [-0.2, 0) is 19.9 Å². The van der Waals surface area contributed by atoms with E-state index in [2.05, 4.69) is 5.32 Å². The second-order valence-corrected chi connectivity index (χ2v) is 8.25. The Labute approximate surface area is 185 Å². The lowest BCUT2D eigenvalue weighted by atomic mass is 9.75. The molecule has 0 radical (unpaired) electrons. The number of nitrogens with one attached hydrogen (secondary N) is 1. The van der Waals surface area contributed by atoms with Crippen molar-refractivity contribution in [3.63, 3.8) is 0 Å². The summed E-state index contributed by atoms with van der Waals surface area (Å²) in [6.45, 7) is 1.93. The lowest BCUT2D eigenvalue weighted by Gasteiger charge is -2.30. The summed E-state index contributed by atoms with van der Waals surface area (Å²) in [5, 5.41) is 2.84. The smallest absolute Gasteiger partial charge is 0.330 e. The number of rotatable bonds is 3. The number of amides is 2. The van der Waals surface area contributed by atoms with E-state index in [0.717, 1.165) is 11.1 Å². The lowest BCUT2D eigenvalue weighted by Crippen LogP contribution is -2.47. The van der Waals surface area contributed by atoms with Gasteiger partial charge in [-0.05, 0) is 36.8 Å². The van der Waals surface area contributed by atoms with Gasteiger partial charge in [-0.25, -0.2) is 4.79 Å². The average Bonchev–Trinajstić information content (AvgIpc) is 3.21. The van der Waals surface area contributed by atoms with Crippen LogP contribution >= 0.6 is 0 Å². The van der Waals surface area contributed by atoms with E-state index in [1.165, 1.54) is 4.90 Å². The van der Waals surface area contributed by atoms with Gasteiger partial charge in [0.2, 0.25) is 5.60 Å². The Morgan fingerprint density at radius 3 is 2.31 bits per heavy atom. The molecule has 1 spiro atoms. The number of esters is 1. The Hall–Kier alpha value is -3.93. The molecule has 0 aromatic heterocycles. The van der Waals surface area contributed by atoms with Crippen LogP contribution in [0.25, 0.3) is 0 Å². The van der Waals surface area contributed by atoms with Crippen LogP contribution in [0.4, 0.5) is 5.69 Å². The predicted octanol–water partition coefficient (Wildman–Crippen LogP) is 3.31. The first-order chi connectivity index (χ1) is 15.4. The Bertz CT molecular complexity index is 1230. The number of nitrogens with zero attached hydrogens (tertiary/aromatic N) is 1. The average molecular weight is 426 g/mol. The summed E-state index contributed by atoms with van der Waals surface area (Å²) in [4.78, 5) is 41.4. The SMILES string of the molecule is Cc1ccc2c(c1)C1(OC(=O)C(NC(=O)c3ccccc3)C1c1ccccc1)C(=O)N2C. The summed E-state index contributed by atoms with van der Waals surface area (Å²) in [6.07, 6.45) is 0. The third-order valence-corrected chi connectivity index (χ3v) is 6.30. The third kappa shape index (κ3) is 2.83. The molecule has 0 aliphatic carbocycles. The molecule has 1 N–H and O–H groups in total. The molecule has 3 aromatic carbocycles. The molecule has 160 valence electrons. The van der Waals surface area contributed by atoms with Crippen LogP contribution in [0.5, 0.6) is 0 Å². The lowest BCUT2D eigenvalue weighted by molar-refractivity contribution is -0.158. The van der Waals surface area contributed by atoms with E-state index in [0.29, 0.717) is 16.8 Å². The van der Waals surface area contributed by atoms with E-state index in [1.54, 1.807) is 31.3 Å². The van der Waals surface area contributed by atoms with Crippen LogP contribution in [-0.4, -0.2) is 30.9 Å². The molecule has 2 amide bonds. The van der Waals surface area contributed by atoms with Crippen molar-refractivity contribution in [2.24, 2.45) is 0 Å². The molecule has 3 unspecified atom stereocenters. The highest BCUT2D eigenvalue weighted by Gasteiger charge is 2.66. The number of aryl methyl sites for hydroxylation is 1. The summed E-state index contributed by atoms with van der Waals surface area (Å²) in [5.74, 6) is -2.06. The maximum Gasteiger partial charge on any atom is 0.330 e. The van der Waals surface area contributed by atoms with Gasteiger partial charge in [0.1, 0.15) is 6.04 Å². The molecule has 32 heavy (non-hydrogen) atoms. The quantitative estimate of drug-likeness (QED) is 0.652. The van der Waals surface area contributed by atoms with E-state index in [9.17, 15) is 14.4 Å². The van der Waals surface area contributed by atoms with Gasteiger partial charge in [-0.3, -0.25) is 9.59 Å². The molecule has 6 heteroatoms. The van der Waals surface area contributed by atoms with Crippen LogP contribution in [0, 0.1) is 6.92 Å². The number of fused-ring (bicyclic) bond motifs is 2. The minimum absolute atomic E-state index is 0.322. The van der Waals surface area contributed by atoms with Crippen molar-refractivity contribution in [3.05, 3.63) is 101 Å². The van der Waals surface area contributed by atoms with Crippen LogP contribution in [0.15, 0.2) is 78.9 Å². The largest absolute Gasteiger partial charge is 0.442 e. The van der Waals surface area contributed by atoms with E-state index in [-0.39, 0.29) is 5.91 Å². The van der Waals surface area contributed by atoms with Gasteiger partial charge in [0.25, 0.3) is 11.8 Å². The summed E-state index contributed by atoms with van der Waals surface area (Å²) in [5.41, 5.74) is 1.93. The highest BCUT2D eigenvalue weighted by atomic mass is 16.6. The minimum Gasteiger partial charge on any atom is -0.442 e. The summed E-state index contributed by atoms with van der Waals surface area (Å²) in [6, 6.07) is 22.6. The number of hydrogen-bond donors (Lipinski definition) is 1. The van der Waals surface area contributed by atoms with Crippen molar-refractivity contribution in [1.82, 2.24) is 5.32 Å². The maximum atomic E-state index is 13.7. The van der Waals surface area contributed by atoms with E-state index in [1.807, 2.05) is 61.5 Å². The number of ether oxygens (including phenoxy) is 1. The third-order valence-electron chi connectivity index (χ3n) is 6.30. The highest BCUT2D eigenvalue weighted by Crippen LogP contribution is 2.55. The predicted molar refractivity (Wildman–Crippen MR) is 119 cm³/mol. The van der Waals surface area contributed by atoms with E-state index in [4.69, 9.17) is 4.74 Å². The van der Waals surface area contributed by atoms with Gasteiger partial charge in [0.15, 0.2) is 0 Å². The van der Waals surface area contributed by atoms with Crippen molar-refractivity contribution in [2.75, 3.05) is 11.9 Å². The van der Waals surface area contributed by atoms with Gasteiger partial charge in [0.05, 0.1) is 11.6 Å². The molecule has 2 aliphatic rings. The maximum absolute atomic E-state index is 13.7. The first-order valence-corrected chi connectivity index (χ1v) is 10.5. The van der Waals surface area contributed by atoms with Crippen molar-refractivity contribution >= 4 is 23.5 Å². The zero-order chi connectivity index (χ0) is 22.5. The Morgan fingerprint density at radius 1 is 0.969 bits per heavy atom. The molecule has 1 fully saturated rings. The molecule has 1 saturated heterocycles. The van der Waals surface area contributed by atoms with Gasteiger partial charge in [-0.2, -0.15) is 0 Å². The fourth-order valence-corrected chi connectivity index (χ4v) is 4.81. The molecule has 2 heterocycles. The monoisotopic (exact) mass is 426 g/mol. The van der Waals surface area contributed by atoms with Gasteiger partial charge in [-0.1, -0.05) is 60.2 Å². The molecule has 3 atom stereocenters. The van der Waals surface area contributed by atoms with Crippen molar-refractivity contribution in [3.8, 4) is 0 Å².